The Balaban J connectivity index is 2.34. The van der Waals surface area contributed by atoms with Crippen LogP contribution in [0.2, 0.25) is 0 Å². The first kappa shape index (κ1) is 12.8. The van der Waals surface area contributed by atoms with Gasteiger partial charge in [-0.25, -0.2) is 4.98 Å². The van der Waals surface area contributed by atoms with Gasteiger partial charge in [-0.15, -0.1) is 0 Å². The van der Waals surface area contributed by atoms with Crippen molar-refractivity contribution in [3.8, 4) is 11.3 Å². The highest BCUT2D eigenvalue weighted by Gasteiger charge is 2.09. The summed E-state index contributed by atoms with van der Waals surface area (Å²) < 4.78 is 0. The highest BCUT2D eigenvalue weighted by atomic mass is 15.0. The number of imidazole rings is 1. The van der Waals surface area contributed by atoms with Gasteiger partial charge in [0.15, 0.2) is 0 Å². The Morgan fingerprint density at radius 1 is 1.17 bits per heavy atom. The Kier molecular flexibility index (Phi) is 3.82. The Bertz CT molecular complexity index is 517. The molecular weight excluding hydrogens is 222 g/mol. The average molecular weight is 243 g/mol. The van der Waals surface area contributed by atoms with Crippen molar-refractivity contribution in [2.24, 2.45) is 0 Å². The van der Waals surface area contributed by atoms with E-state index in [0.717, 1.165) is 24.6 Å². The van der Waals surface area contributed by atoms with Crippen LogP contribution in [-0.4, -0.2) is 16.5 Å². The molecular formula is C15H21N3. The van der Waals surface area contributed by atoms with Crippen molar-refractivity contribution in [2.75, 3.05) is 6.54 Å². The van der Waals surface area contributed by atoms with Crippen LogP contribution in [0, 0.1) is 20.8 Å². The second-order valence-corrected chi connectivity index (χ2v) is 4.80. The van der Waals surface area contributed by atoms with Gasteiger partial charge in [0.05, 0.1) is 18.4 Å². The molecule has 2 rings (SSSR count). The molecule has 0 aliphatic heterocycles. The molecule has 2 N–H and O–H groups in total. The monoisotopic (exact) mass is 243 g/mol. The zero-order valence-corrected chi connectivity index (χ0v) is 11.6. The van der Waals surface area contributed by atoms with E-state index in [1.165, 1.54) is 22.3 Å². The molecule has 0 amide bonds. The van der Waals surface area contributed by atoms with Crippen LogP contribution in [0.1, 0.15) is 29.4 Å². The third kappa shape index (κ3) is 2.62. The first-order valence-corrected chi connectivity index (χ1v) is 6.44. The number of aryl methyl sites for hydroxylation is 3. The summed E-state index contributed by atoms with van der Waals surface area (Å²) in [6.45, 7) is 10.3. The van der Waals surface area contributed by atoms with Gasteiger partial charge in [-0.3, -0.25) is 0 Å². The summed E-state index contributed by atoms with van der Waals surface area (Å²) in [7, 11) is 0. The maximum Gasteiger partial charge on any atom is 0.120 e. The Labute approximate surface area is 109 Å². The molecule has 0 unspecified atom stereocenters. The van der Waals surface area contributed by atoms with Gasteiger partial charge in [0.25, 0.3) is 0 Å². The van der Waals surface area contributed by atoms with E-state index in [1.807, 2.05) is 6.20 Å². The van der Waals surface area contributed by atoms with E-state index < -0.39 is 0 Å². The fraction of sp³-hybridized carbons (Fsp3) is 0.400. The van der Waals surface area contributed by atoms with Gasteiger partial charge in [-0.05, 0) is 38.4 Å². The van der Waals surface area contributed by atoms with E-state index in [-0.39, 0.29) is 0 Å². The number of rotatable bonds is 4. The van der Waals surface area contributed by atoms with E-state index in [0.29, 0.717) is 0 Å². The number of benzene rings is 1. The molecule has 0 aliphatic rings. The minimum Gasteiger partial charge on any atom is -0.341 e. The molecule has 3 nitrogen and oxygen atoms in total. The molecule has 18 heavy (non-hydrogen) atoms. The summed E-state index contributed by atoms with van der Waals surface area (Å²) in [4.78, 5) is 7.81. The van der Waals surface area contributed by atoms with E-state index in [1.54, 1.807) is 0 Å². The van der Waals surface area contributed by atoms with Crippen molar-refractivity contribution in [2.45, 2.75) is 34.2 Å². The Hall–Kier alpha value is -1.61. The van der Waals surface area contributed by atoms with Crippen molar-refractivity contribution in [3.63, 3.8) is 0 Å². The van der Waals surface area contributed by atoms with Gasteiger partial charge in [-0.2, -0.15) is 0 Å². The van der Waals surface area contributed by atoms with Crippen LogP contribution < -0.4 is 5.32 Å². The minimum absolute atomic E-state index is 0.792. The molecule has 2 aromatic rings. The lowest BCUT2D eigenvalue weighted by Gasteiger charge is -2.09. The summed E-state index contributed by atoms with van der Waals surface area (Å²) >= 11 is 0. The van der Waals surface area contributed by atoms with E-state index in [9.17, 15) is 0 Å². The molecule has 1 heterocycles. The van der Waals surface area contributed by atoms with Crippen molar-refractivity contribution in [1.29, 1.82) is 0 Å². The second kappa shape index (κ2) is 5.36. The number of aromatic nitrogens is 2. The third-order valence-electron chi connectivity index (χ3n) is 3.12. The lowest BCUT2D eigenvalue weighted by Crippen LogP contribution is -2.12. The maximum absolute atomic E-state index is 4.42. The molecule has 96 valence electrons. The lowest BCUT2D eigenvalue weighted by molar-refractivity contribution is 0.698. The average Bonchev–Trinajstić information content (AvgIpc) is 2.73. The summed E-state index contributed by atoms with van der Waals surface area (Å²) in [5.74, 6) is 0.992. The molecule has 1 aromatic carbocycles. The van der Waals surface area contributed by atoms with Crippen LogP contribution in [0.25, 0.3) is 11.3 Å². The van der Waals surface area contributed by atoms with Gasteiger partial charge < -0.3 is 10.3 Å². The maximum atomic E-state index is 4.42. The molecule has 0 bridgehead atoms. The van der Waals surface area contributed by atoms with Crippen LogP contribution >= 0.6 is 0 Å². The number of hydrogen-bond acceptors (Lipinski definition) is 2. The van der Waals surface area contributed by atoms with Gasteiger partial charge in [0, 0.05) is 5.56 Å². The van der Waals surface area contributed by atoms with Crippen molar-refractivity contribution in [3.05, 3.63) is 40.8 Å². The molecule has 0 atom stereocenters. The number of aromatic amines is 1. The summed E-state index contributed by atoms with van der Waals surface area (Å²) in [5, 5.41) is 3.27. The van der Waals surface area contributed by atoms with Crippen LogP contribution in [0.4, 0.5) is 0 Å². The summed E-state index contributed by atoms with van der Waals surface area (Å²) in [6, 6.07) is 4.43. The summed E-state index contributed by atoms with van der Waals surface area (Å²) in [5.41, 5.74) is 6.28. The Morgan fingerprint density at radius 2 is 1.83 bits per heavy atom. The van der Waals surface area contributed by atoms with Crippen LogP contribution in [0.15, 0.2) is 18.3 Å². The largest absolute Gasteiger partial charge is 0.341 e. The van der Waals surface area contributed by atoms with Crippen LogP contribution in [-0.2, 0) is 6.54 Å². The number of nitrogens with zero attached hydrogens (tertiary/aromatic N) is 1. The predicted molar refractivity (Wildman–Crippen MR) is 75.6 cm³/mol. The number of H-pyrrole nitrogens is 1. The fourth-order valence-corrected chi connectivity index (χ4v) is 2.43. The van der Waals surface area contributed by atoms with Gasteiger partial charge >= 0.3 is 0 Å². The van der Waals surface area contributed by atoms with Gasteiger partial charge in [0.2, 0.25) is 0 Å². The normalized spacial score (nSPS) is 10.9. The van der Waals surface area contributed by atoms with Gasteiger partial charge in [-0.1, -0.05) is 24.6 Å². The zero-order chi connectivity index (χ0) is 13.1. The molecule has 0 saturated heterocycles. The first-order chi connectivity index (χ1) is 8.61. The van der Waals surface area contributed by atoms with E-state index in [4.69, 9.17) is 0 Å². The van der Waals surface area contributed by atoms with Gasteiger partial charge in [0.1, 0.15) is 5.82 Å². The fourth-order valence-electron chi connectivity index (χ4n) is 2.43. The third-order valence-corrected chi connectivity index (χ3v) is 3.12. The zero-order valence-electron chi connectivity index (χ0n) is 11.6. The molecule has 3 heteroatoms. The molecule has 0 fully saturated rings. The first-order valence-electron chi connectivity index (χ1n) is 6.44. The molecule has 0 aliphatic carbocycles. The second-order valence-electron chi connectivity index (χ2n) is 4.80. The smallest absolute Gasteiger partial charge is 0.120 e. The van der Waals surface area contributed by atoms with E-state index in [2.05, 4.69) is 55.1 Å². The molecule has 1 aromatic heterocycles. The molecule has 0 saturated carbocycles. The standard InChI is InChI=1S/C15H21N3/c1-5-16-9-14-17-8-13(18-14)15-11(3)6-10(2)7-12(15)4/h6-8,16H,5,9H2,1-4H3,(H,17,18). The lowest BCUT2D eigenvalue weighted by atomic mass is 9.98. The summed E-state index contributed by atoms with van der Waals surface area (Å²) in [6.07, 6.45) is 1.93. The number of nitrogens with one attached hydrogen (secondary N) is 2. The topological polar surface area (TPSA) is 40.7 Å². The van der Waals surface area contributed by atoms with Crippen LogP contribution in [0.5, 0.6) is 0 Å². The van der Waals surface area contributed by atoms with Crippen molar-refractivity contribution in [1.82, 2.24) is 15.3 Å². The SMILES string of the molecule is CCNCc1ncc(-c2c(C)cc(C)cc2C)[nH]1. The predicted octanol–water partition coefficient (Wildman–Crippen LogP) is 3.11. The van der Waals surface area contributed by atoms with Crippen LogP contribution in [0.3, 0.4) is 0 Å². The molecule has 0 spiro atoms. The highest BCUT2D eigenvalue weighted by Crippen LogP contribution is 2.26. The quantitative estimate of drug-likeness (QED) is 0.866. The van der Waals surface area contributed by atoms with Crippen molar-refractivity contribution >= 4 is 0 Å². The van der Waals surface area contributed by atoms with Crippen molar-refractivity contribution < 1.29 is 0 Å². The molecule has 0 radical (unpaired) electrons. The minimum atomic E-state index is 0.792. The Morgan fingerprint density at radius 3 is 2.44 bits per heavy atom. The highest BCUT2D eigenvalue weighted by molar-refractivity contribution is 5.67. The number of hydrogen-bond donors (Lipinski definition) is 2. The van der Waals surface area contributed by atoms with E-state index >= 15 is 0 Å².